The molecule has 0 saturated carbocycles. The summed E-state index contributed by atoms with van der Waals surface area (Å²) < 4.78 is 5.48. The first kappa shape index (κ1) is 10.6. The van der Waals surface area contributed by atoms with E-state index in [-0.39, 0.29) is 0 Å². The molecule has 1 saturated heterocycles. The molecule has 4 nitrogen and oxygen atoms in total. The van der Waals surface area contributed by atoms with Gasteiger partial charge in [0.1, 0.15) is 11.8 Å². The number of aromatic nitrogens is 2. The van der Waals surface area contributed by atoms with Crippen LogP contribution in [0.15, 0.2) is 6.07 Å². The second kappa shape index (κ2) is 4.77. The van der Waals surface area contributed by atoms with Crippen LogP contribution in [0.2, 0.25) is 5.15 Å². The Balaban J connectivity index is 1.92. The van der Waals surface area contributed by atoms with Crippen LogP contribution in [0.5, 0.6) is 6.01 Å². The van der Waals surface area contributed by atoms with Crippen molar-refractivity contribution in [3.05, 3.63) is 16.9 Å². The third kappa shape index (κ3) is 3.04. The van der Waals surface area contributed by atoms with Crippen molar-refractivity contribution in [3.63, 3.8) is 0 Å². The SMILES string of the molecule is Cc1cc(Cl)nc(OC[C@H]2CCCN2)n1. The number of ether oxygens (including phenoxy) is 1. The van der Waals surface area contributed by atoms with Gasteiger partial charge in [-0.2, -0.15) is 4.98 Å². The van der Waals surface area contributed by atoms with Crippen molar-refractivity contribution in [2.75, 3.05) is 13.2 Å². The maximum absolute atomic E-state index is 5.80. The van der Waals surface area contributed by atoms with Gasteiger partial charge in [-0.3, -0.25) is 0 Å². The summed E-state index contributed by atoms with van der Waals surface area (Å²) in [7, 11) is 0. The van der Waals surface area contributed by atoms with E-state index in [2.05, 4.69) is 15.3 Å². The van der Waals surface area contributed by atoms with Crippen molar-refractivity contribution in [1.29, 1.82) is 0 Å². The standard InChI is InChI=1S/C10H14ClN3O/c1-7-5-9(11)14-10(13-7)15-6-8-3-2-4-12-8/h5,8,12H,2-4,6H2,1H3/t8-/m1/s1. The summed E-state index contributed by atoms with van der Waals surface area (Å²) in [6, 6.07) is 2.50. The number of nitrogens with one attached hydrogen (secondary N) is 1. The van der Waals surface area contributed by atoms with Crippen molar-refractivity contribution in [2.24, 2.45) is 0 Å². The van der Waals surface area contributed by atoms with Gasteiger partial charge in [-0.25, -0.2) is 4.98 Å². The van der Waals surface area contributed by atoms with Gasteiger partial charge in [0.05, 0.1) is 0 Å². The highest BCUT2D eigenvalue weighted by Gasteiger charge is 2.15. The summed E-state index contributed by atoms with van der Waals surface area (Å²) in [6.45, 7) is 3.55. The zero-order valence-electron chi connectivity index (χ0n) is 8.66. The molecule has 1 fully saturated rings. The fourth-order valence-electron chi connectivity index (χ4n) is 1.64. The maximum atomic E-state index is 5.80. The molecule has 1 aliphatic heterocycles. The van der Waals surface area contributed by atoms with E-state index in [9.17, 15) is 0 Å². The molecule has 1 aromatic heterocycles. The number of hydrogen-bond donors (Lipinski definition) is 1. The van der Waals surface area contributed by atoms with E-state index in [1.807, 2.05) is 6.92 Å². The Bertz CT molecular complexity index is 319. The van der Waals surface area contributed by atoms with E-state index in [0.29, 0.717) is 23.8 Å². The van der Waals surface area contributed by atoms with Crippen LogP contribution in [0.3, 0.4) is 0 Å². The van der Waals surface area contributed by atoms with Gasteiger partial charge in [0.25, 0.3) is 0 Å². The van der Waals surface area contributed by atoms with Gasteiger partial charge in [0.2, 0.25) is 0 Å². The van der Waals surface area contributed by atoms with Crippen LogP contribution in [-0.2, 0) is 0 Å². The number of halogens is 1. The maximum Gasteiger partial charge on any atom is 0.318 e. The molecule has 0 radical (unpaired) electrons. The minimum Gasteiger partial charge on any atom is -0.462 e. The average Bonchev–Trinajstić information content (AvgIpc) is 2.65. The van der Waals surface area contributed by atoms with Gasteiger partial charge in [0.15, 0.2) is 0 Å². The van der Waals surface area contributed by atoms with Crippen molar-refractivity contribution < 1.29 is 4.74 Å². The minimum atomic E-state index is 0.369. The van der Waals surface area contributed by atoms with Crippen LogP contribution in [-0.4, -0.2) is 29.2 Å². The van der Waals surface area contributed by atoms with E-state index >= 15 is 0 Å². The van der Waals surface area contributed by atoms with Crippen LogP contribution >= 0.6 is 11.6 Å². The minimum absolute atomic E-state index is 0.369. The van der Waals surface area contributed by atoms with Crippen LogP contribution in [0.4, 0.5) is 0 Å². The predicted molar refractivity (Wildman–Crippen MR) is 58.3 cm³/mol. The predicted octanol–water partition coefficient (Wildman–Crippen LogP) is 1.57. The largest absolute Gasteiger partial charge is 0.462 e. The normalized spacial score (nSPS) is 20.5. The molecule has 15 heavy (non-hydrogen) atoms. The molecular weight excluding hydrogens is 214 g/mol. The molecule has 0 aromatic carbocycles. The summed E-state index contributed by atoms with van der Waals surface area (Å²) in [5, 5.41) is 3.77. The van der Waals surface area contributed by atoms with Gasteiger partial charge in [-0.1, -0.05) is 11.6 Å². The van der Waals surface area contributed by atoms with Crippen molar-refractivity contribution in [2.45, 2.75) is 25.8 Å². The molecular formula is C10H14ClN3O. The van der Waals surface area contributed by atoms with Gasteiger partial charge < -0.3 is 10.1 Å². The Morgan fingerprint density at radius 1 is 1.60 bits per heavy atom. The number of nitrogens with zero attached hydrogens (tertiary/aromatic N) is 2. The Kier molecular flexibility index (Phi) is 3.38. The lowest BCUT2D eigenvalue weighted by Crippen LogP contribution is -2.28. The number of hydrogen-bond acceptors (Lipinski definition) is 4. The molecule has 82 valence electrons. The lowest BCUT2D eigenvalue weighted by Gasteiger charge is -2.10. The molecule has 0 bridgehead atoms. The van der Waals surface area contributed by atoms with Crippen LogP contribution in [0.25, 0.3) is 0 Å². The van der Waals surface area contributed by atoms with E-state index in [1.54, 1.807) is 6.07 Å². The smallest absolute Gasteiger partial charge is 0.318 e. The average molecular weight is 228 g/mol. The molecule has 0 aliphatic carbocycles. The van der Waals surface area contributed by atoms with E-state index in [1.165, 1.54) is 6.42 Å². The molecule has 1 N–H and O–H groups in total. The Morgan fingerprint density at radius 2 is 2.47 bits per heavy atom. The molecule has 5 heteroatoms. The molecule has 0 unspecified atom stereocenters. The molecule has 2 rings (SSSR count). The van der Waals surface area contributed by atoms with Crippen LogP contribution in [0.1, 0.15) is 18.5 Å². The van der Waals surface area contributed by atoms with Gasteiger partial charge in [-0.15, -0.1) is 0 Å². The topological polar surface area (TPSA) is 47.0 Å². The molecule has 1 aliphatic rings. The fraction of sp³-hybridized carbons (Fsp3) is 0.600. The van der Waals surface area contributed by atoms with E-state index in [4.69, 9.17) is 16.3 Å². The summed E-state index contributed by atoms with van der Waals surface area (Å²) in [6.07, 6.45) is 2.36. The van der Waals surface area contributed by atoms with Gasteiger partial charge in [-0.05, 0) is 32.4 Å². The van der Waals surface area contributed by atoms with Crippen molar-refractivity contribution in [1.82, 2.24) is 15.3 Å². The van der Waals surface area contributed by atoms with Gasteiger partial charge >= 0.3 is 6.01 Å². The number of aryl methyl sites for hydroxylation is 1. The fourth-order valence-corrected chi connectivity index (χ4v) is 1.87. The van der Waals surface area contributed by atoms with Crippen molar-refractivity contribution >= 4 is 11.6 Å². The molecule has 1 aromatic rings. The zero-order valence-corrected chi connectivity index (χ0v) is 9.42. The lowest BCUT2D eigenvalue weighted by molar-refractivity contribution is 0.256. The van der Waals surface area contributed by atoms with Gasteiger partial charge in [0, 0.05) is 11.7 Å². The third-order valence-electron chi connectivity index (χ3n) is 2.38. The highest BCUT2D eigenvalue weighted by molar-refractivity contribution is 6.29. The van der Waals surface area contributed by atoms with Crippen LogP contribution in [0, 0.1) is 6.92 Å². The molecule has 0 spiro atoms. The first-order chi connectivity index (χ1) is 7.24. The second-order valence-corrected chi connectivity index (χ2v) is 4.11. The third-order valence-corrected chi connectivity index (χ3v) is 2.57. The first-order valence-corrected chi connectivity index (χ1v) is 5.49. The van der Waals surface area contributed by atoms with Crippen molar-refractivity contribution in [3.8, 4) is 6.01 Å². The first-order valence-electron chi connectivity index (χ1n) is 5.11. The molecule has 1 atom stereocenters. The van der Waals surface area contributed by atoms with Crippen LogP contribution < -0.4 is 10.1 Å². The molecule has 0 amide bonds. The summed E-state index contributed by atoms with van der Waals surface area (Å²) in [5.74, 6) is 0. The highest BCUT2D eigenvalue weighted by atomic mass is 35.5. The van der Waals surface area contributed by atoms with E-state index < -0.39 is 0 Å². The number of rotatable bonds is 3. The summed E-state index contributed by atoms with van der Waals surface area (Å²) in [5.41, 5.74) is 0.824. The Hall–Kier alpha value is -0.870. The zero-order chi connectivity index (χ0) is 10.7. The van der Waals surface area contributed by atoms with E-state index in [0.717, 1.165) is 18.7 Å². The summed E-state index contributed by atoms with van der Waals surface area (Å²) in [4.78, 5) is 8.15. The lowest BCUT2D eigenvalue weighted by atomic mass is 10.2. The molecule has 2 heterocycles. The Morgan fingerprint density at radius 3 is 3.13 bits per heavy atom. The Labute approximate surface area is 94.0 Å². The second-order valence-electron chi connectivity index (χ2n) is 3.72. The quantitative estimate of drug-likeness (QED) is 0.797. The summed E-state index contributed by atoms with van der Waals surface area (Å²) >= 11 is 5.80. The monoisotopic (exact) mass is 227 g/mol. The highest BCUT2D eigenvalue weighted by Crippen LogP contribution is 2.12.